The molecule has 1 aromatic carbocycles. The summed E-state index contributed by atoms with van der Waals surface area (Å²) >= 11 is 2.90. The molecule has 2 atom stereocenters. The normalized spacial score (nSPS) is 16.1. The molecule has 0 bridgehead atoms. The SMILES string of the molecule is CCn1c(SCC(=O)Nc2sc3c(c2C#N)CCC(C(C)(C)C)C3)nnc1C(C)Oc1cccc(C)c1. The smallest absolute Gasteiger partial charge is 0.235 e. The first-order valence-electron chi connectivity index (χ1n) is 12.7. The van der Waals surface area contributed by atoms with Gasteiger partial charge < -0.3 is 14.6 Å². The topological polar surface area (TPSA) is 92.8 Å². The van der Waals surface area contributed by atoms with Gasteiger partial charge in [-0.2, -0.15) is 5.26 Å². The van der Waals surface area contributed by atoms with E-state index < -0.39 is 0 Å². The number of nitrogens with zero attached hydrogens (tertiary/aromatic N) is 4. The first-order chi connectivity index (χ1) is 17.6. The van der Waals surface area contributed by atoms with Gasteiger partial charge in [-0.05, 0) is 74.6 Å². The van der Waals surface area contributed by atoms with Gasteiger partial charge >= 0.3 is 0 Å². The number of thiophene rings is 1. The van der Waals surface area contributed by atoms with Crippen LogP contribution in [0.1, 0.15) is 74.5 Å². The van der Waals surface area contributed by atoms with Crippen LogP contribution in [0.4, 0.5) is 5.00 Å². The van der Waals surface area contributed by atoms with Gasteiger partial charge in [0.1, 0.15) is 16.8 Å². The lowest BCUT2D eigenvalue weighted by atomic mass is 9.72. The highest BCUT2D eigenvalue weighted by Crippen LogP contribution is 2.44. The molecule has 2 unspecified atom stereocenters. The fraction of sp³-hybridized carbons (Fsp3) is 0.500. The summed E-state index contributed by atoms with van der Waals surface area (Å²) in [5.74, 6) is 2.12. The standard InChI is InChI=1S/C28H35N5O2S2/c1-7-33-25(18(3)35-20-10-8-9-17(2)13-20)31-32-27(33)36-16-24(34)30-26-22(15-29)21-12-11-19(28(4,5)6)14-23(21)37-26/h8-10,13,18-19H,7,11-12,14,16H2,1-6H3,(H,30,34). The van der Waals surface area contributed by atoms with Crippen molar-refractivity contribution in [3.63, 3.8) is 0 Å². The first-order valence-corrected chi connectivity index (χ1v) is 14.5. The second-order valence-electron chi connectivity index (χ2n) is 10.6. The van der Waals surface area contributed by atoms with Crippen LogP contribution in [-0.4, -0.2) is 26.4 Å². The molecule has 9 heteroatoms. The largest absolute Gasteiger partial charge is 0.483 e. The van der Waals surface area contributed by atoms with E-state index >= 15 is 0 Å². The fourth-order valence-corrected chi connectivity index (χ4v) is 6.88. The van der Waals surface area contributed by atoms with Crippen molar-refractivity contribution < 1.29 is 9.53 Å². The van der Waals surface area contributed by atoms with Gasteiger partial charge in [0.05, 0.1) is 11.3 Å². The number of aryl methyl sites for hydroxylation is 1. The highest BCUT2D eigenvalue weighted by Gasteiger charge is 2.32. The predicted molar refractivity (Wildman–Crippen MR) is 149 cm³/mol. The van der Waals surface area contributed by atoms with Gasteiger partial charge in [-0.1, -0.05) is 44.7 Å². The zero-order chi connectivity index (χ0) is 26.7. The van der Waals surface area contributed by atoms with Gasteiger partial charge in [-0.25, -0.2) is 0 Å². The Labute approximate surface area is 227 Å². The van der Waals surface area contributed by atoms with Crippen molar-refractivity contribution >= 4 is 34.0 Å². The van der Waals surface area contributed by atoms with Crippen LogP contribution >= 0.6 is 23.1 Å². The number of carbonyl (C=O) groups excluding carboxylic acids is 1. The molecule has 7 nitrogen and oxygen atoms in total. The zero-order valence-corrected chi connectivity index (χ0v) is 24.1. The van der Waals surface area contributed by atoms with Crippen molar-refractivity contribution in [1.29, 1.82) is 5.26 Å². The number of anilines is 1. The molecule has 1 N–H and O–H groups in total. The Morgan fingerprint density at radius 1 is 1.38 bits per heavy atom. The number of fused-ring (bicyclic) bond motifs is 1. The predicted octanol–water partition coefficient (Wildman–Crippen LogP) is 6.56. The van der Waals surface area contributed by atoms with Gasteiger partial charge in [-0.15, -0.1) is 21.5 Å². The van der Waals surface area contributed by atoms with Crippen LogP contribution < -0.4 is 10.1 Å². The monoisotopic (exact) mass is 537 g/mol. The number of ether oxygens (including phenoxy) is 1. The minimum atomic E-state index is -0.287. The average molecular weight is 538 g/mol. The van der Waals surface area contributed by atoms with E-state index in [1.165, 1.54) is 16.6 Å². The number of aromatic nitrogens is 3. The molecule has 0 saturated heterocycles. The molecule has 37 heavy (non-hydrogen) atoms. The van der Waals surface area contributed by atoms with E-state index in [4.69, 9.17) is 4.74 Å². The van der Waals surface area contributed by atoms with Crippen LogP contribution in [0.15, 0.2) is 29.4 Å². The molecule has 1 amide bonds. The zero-order valence-electron chi connectivity index (χ0n) is 22.4. The number of hydrogen-bond donors (Lipinski definition) is 1. The van der Waals surface area contributed by atoms with Crippen LogP contribution in [0, 0.1) is 29.6 Å². The van der Waals surface area contributed by atoms with Crippen molar-refractivity contribution in [1.82, 2.24) is 14.8 Å². The van der Waals surface area contributed by atoms with E-state index in [1.807, 2.05) is 49.6 Å². The number of amides is 1. The number of carbonyl (C=O) groups is 1. The third-order valence-corrected chi connectivity index (χ3v) is 9.05. The van der Waals surface area contributed by atoms with Crippen LogP contribution in [0.3, 0.4) is 0 Å². The van der Waals surface area contributed by atoms with Crippen molar-refractivity contribution in [2.75, 3.05) is 11.1 Å². The molecule has 0 spiro atoms. The highest BCUT2D eigenvalue weighted by atomic mass is 32.2. The molecule has 0 radical (unpaired) electrons. The number of nitriles is 1. The average Bonchev–Trinajstić information content (AvgIpc) is 3.41. The maximum atomic E-state index is 12.9. The molecule has 196 valence electrons. The fourth-order valence-electron chi connectivity index (χ4n) is 4.77. The van der Waals surface area contributed by atoms with E-state index in [2.05, 4.69) is 42.4 Å². The number of hydrogen-bond acceptors (Lipinski definition) is 7. The first kappa shape index (κ1) is 27.2. The van der Waals surface area contributed by atoms with E-state index in [0.29, 0.717) is 28.2 Å². The van der Waals surface area contributed by atoms with E-state index in [1.54, 1.807) is 11.3 Å². The Balaban J connectivity index is 1.41. The second-order valence-corrected chi connectivity index (χ2v) is 12.7. The van der Waals surface area contributed by atoms with Crippen LogP contribution in [0.25, 0.3) is 0 Å². The van der Waals surface area contributed by atoms with Gasteiger partial charge in [0.25, 0.3) is 0 Å². The maximum Gasteiger partial charge on any atom is 0.235 e. The molecular formula is C28H35N5O2S2. The quantitative estimate of drug-likeness (QED) is 0.327. The molecule has 4 rings (SSSR count). The molecule has 1 aliphatic rings. The lowest BCUT2D eigenvalue weighted by Crippen LogP contribution is -2.26. The molecular weight excluding hydrogens is 502 g/mol. The summed E-state index contributed by atoms with van der Waals surface area (Å²) in [7, 11) is 0. The van der Waals surface area contributed by atoms with Gasteiger partial charge in [-0.3, -0.25) is 4.79 Å². The lowest BCUT2D eigenvalue weighted by molar-refractivity contribution is -0.113. The molecule has 0 fully saturated rings. The highest BCUT2D eigenvalue weighted by molar-refractivity contribution is 7.99. The number of benzene rings is 1. The molecule has 0 saturated carbocycles. The summed E-state index contributed by atoms with van der Waals surface area (Å²) in [4.78, 5) is 14.1. The minimum absolute atomic E-state index is 0.149. The summed E-state index contributed by atoms with van der Waals surface area (Å²) in [6.45, 7) is 13.5. The Morgan fingerprint density at radius 3 is 2.84 bits per heavy atom. The van der Waals surface area contributed by atoms with Crippen molar-refractivity contribution in [3.05, 3.63) is 51.7 Å². The Morgan fingerprint density at radius 2 is 2.16 bits per heavy atom. The van der Waals surface area contributed by atoms with Crippen molar-refractivity contribution in [2.24, 2.45) is 11.3 Å². The van der Waals surface area contributed by atoms with E-state index in [-0.39, 0.29) is 23.2 Å². The number of nitrogens with one attached hydrogen (secondary N) is 1. The lowest BCUT2D eigenvalue weighted by Gasteiger charge is -2.33. The maximum absolute atomic E-state index is 12.9. The van der Waals surface area contributed by atoms with Gasteiger partial charge in [0.2, 0.25) is 5.91 Å². The molecule has 3 aromatic rings. The van der Waals surface area contributed by atoms with Crippen LogP contribution in [0.2, 0.25) is 0 Å². The van der Waals surface area contributed by atoms with Crippen LogP contribution in [0.5, 0.6) is 5.75 Å². The summed E-state index contributed by atoms with van der Waals surface area (Å²) in [6, 6.07) is 10.3. The second kappa shape index (κ2) is 11.3. The Hall–Kier alpha value is -2.83. The van der Waals surface area contributed by atoms with Crippen LogP contribution in [-0.2, 0) is 24.2 Å². The molecule has 1 aliphatic carbocycles. The summed E-state index contributed by atoms with van der Waals surface area (Å²) in [6.07, 6.45) is 2.65. The molecule has 0 aliphatic heterocycles. The summed E-state index contributed by atoms with van der Waals surface area (Å²) in [5, 5.41) is 22.9. The number of thioether (sulfide) groups is 1. The molecule has 2 aromatic heterocycles. The molecule has 2 heterocycles. The number of rotatable bonds is 8. The Kier molecular flexibility index (Phi) is 8.29. The summed E-state index contributed by atoms with van der Waals surface area (Å²) in [5.41, 5.74) is 3.11. The third kappa shape index (κ3) is 6.19. The van der Waals surface area contributed by atoms with Gasteiger partial charge in [0.15, 0.2) is 17.1 Å². The third-order valence-electron chi connectivity index (χ3n) is 6.91. The van der Waals surface area contributed by atoms with E-state index in [9.17, 15) is 10.1 Å². The van der Waals surface area contributed by atoms with E-state index in [0.717, 1.165) is 42.0 Å². The summed E-state index contributed by atoms with van der Waals surface area (Å²) < 4.78 is 8.08. The Bertz CT molecular complexity index is 1320. The van der Waals surface area contributed by atoms with Gasteiger partial charge in [0, 0.05) is 11.4 Å². The van der Waals surface area contributed by atoms with Crippen molar-refractivity contribution in [2.45, 2.75) is 78.6 Å². The minimum Gasteiger partial charge on any atom is -0.483 e. The van der Waals surface area contributed by atoms with Crippen molar-refractivity contribution in [3.8, 4) is 11.8 Å².